The van der Waals surface area contributed by atoms with Gasteiger partial charge in [0.25, 0.3) is 11.8 Å². The van der Waals surface area contributed by atoms with Gasteiger partial charge >= 0.3 is 0 Å². The van der Waals surface area contributed by atoms with Crippen LogP contribution in [0.2, 0.25) is 10.0 Å². The number of H-pyrrole nitrogens is 1. The van der Waals surface area contributed by atoms with Gasteiger partial charge in [0.1, 0.15) is 0 Å². The van der Waals surface area contributed by atoms with Crippen LogP contribution in [0, 0.1) is 13.8 Å². The van der Waals surface area contributed by atoms with Gasteiger partial charge in [0.15, 0.2) is 9.84 Å². The fourth-order valence-electron chi connectivity index (χ4n) is 5.88. The first-order valence-electron chi connectivity index (χ1n) is 14.1. The maximum atomic E-state index is 13.7. The normalized spacial score (nSPS) is 19.4. The summed E-state index contributed by atoms with van der Waals surface area (Å²) in [5.74, 6) is -0.730. The van der Waals surface area contributed by atoms with Crippen LogP contribution >= 0.6 is 23.2 Å². The number of anilines is 1. The molecule has 3 aromatic rings. The van der Waals surface area contributed by atoms with Crippen molar-refractivity contribution in [3.05, 3.63) is 80.1 Å². The lowest BCUT2D eigenvalue weighted by Crippen LogP contribution is -2.42. The Bertz CT molecular complexity index is 1720. The van der Waals surface area contributed by atoms with E-state index in [1.165, 1.54) is 25.0 Å². The van der Waals surface area contributed by atoms with Crippen molar-refractivity contribution in [1.29, 1.82) is 0 Å². The minimum absolute atomic E-state index is 0.00566. The van der Waals surface area contributed by atoms with Crippen molar-refractivity contribution in [3.8, 4) is 0 Å². The van der Waals surface area contributed by atoms with Crippen LogP contribution in [0.15, 0.2) is 41.3 Å². The Morgan fingerprint density at radius 3 is 2.57 bits per heavy atom. The standard InChI is InChI=1S/C31H32Cl2N4O4S/c1-17-28(35-18(2)29(17)31(39)37-12-4-5-20(37)15-34-19-8-9-19)14-23-22-13-21(10-11-27(22)36-30(23)38)42(40,41)16-24-25(32)6-3-7-26(24)33/h3,6-7,10-11,13-14,19-20,34-35H,4-5,8-9,12,15-16H2,1-2H3,(H,36,38)/t20-/m1/s1. The van der Waals surface area contributed by atoms with E-state index < -0.39 is 9.84 Å². The fourth-order valence-corrected chi connectivity index (χ4v) is 8.00. The third-order valence-corrected chi connectivity index (χ3v) is 10.7. The fraction of sp³-hybridized carbons (Fsp3) is 0.355. The summed E-state index contributed by atoms with van der Waals surface area (Å²) < 4.78 is 26.7. The lowest BCUT2D eigenvalue weighted by molar-refractivity contribution is -0.110. The molecule has 3 N–H and O–H groups in total. The summed E-state index contributed by atoms with van der Waals surface area (Å²) in [5.41, 5.74) is 4.36. The first-order valence-corrected chi connectivity index (χ1v) is 16.5. The number of sulfone groups is 1. The van der Waals surface area contributed by atoms with Crippen molar-refractivity contribution in [2.45, 2.75) is 62.3 Å². The number of fused-ring (bicyclic) bond motifs is 1. The summed E-state index contributed by atoms with van der Waals surface area (Å²) in [6, 6.07) is 10.1. The van der Waals surface area contributed by atoms with Crippen LogP contribution in [0.1, 0.15) is 64.1 Å². The van der Waals surface area contributed by atoms with Crippen molar-refractivity contribution in [1.82, 2.24) is 15.2 Å². The highest BCUT2D eigenvalue weighted by Crippen LogP contribution is 2.37. The van der Waals surface area contributed by atoms with E-state index in [1.807, 2.05) is 18.7 Å². The number of rotatable bonds is 8. The van der Waals surface area contributed by atoms with Gasteiger partial charge in [-0.15, -0.1) is 0 Å². The number of amides is 2. The number of benzene rings is 2. The maximum absolute atomic E-state index is 13.7. The smallest absolute Gasteiger partial charge is 0.256 e. The molecule has 0 bridgehead atoms. The molecule has 1 aliphatic carbocycles. The van der Waals surface area contributed by atoms with Gasteiger partial charge < -0.3 is 20.5 Å². The molecule has 42 heavy (non-hydrogen) atoms. The third-order valence-electron chi connectivity index (χ3n) is 8.37. The number of aromatic nitrogens is 1. The second-order valence-electron chi connectivity index (χ2n) is 11.3. The summed E-state index contributed by atoms with van der Waals surface area (Å²) in [5, 5.41) is 6.91. The molecule has 11 heteroatoms. The highest BCUT2D eigenvalue weighted by atomic mass is 35.5. The molecular weight excluding hydrogens is 595 g/mol. The summed E-state index contributed by atoms with van der Waals surface area (Å²) in [4.78, 5) is 32.1. The summed E-state index contributed by atoms with van der Waals surface area (Å²) >= 11 is 12.5. The molecule has 0 radical (unpaired) electrons. The van der Waals surface area contributed by atoms with Crippen LogP contribution in [0.4, 0.5) is 5.69 Å². The van der Waals surface area contributed by atoms with E-state index in [0.717, 1.165) is 37.2 Å². The van der Waals surface area contributed by atoms with Gasteiger partial charge in [-0.05, 0) is 81.5 Å². The molecule has 1 atom stereocenters. The van der Waals surface area contributed by atoms with Crippen LogP contribution < -0.4 is 10.6 Å². The van der Waals surface area contributed by atoms with E-state index in [0.29, 0.717) is 39.7 Å². The number of aromatic amines is 1. The number of nitrogens with one attached hydrogen (secondary N) is 3. The Balaban J connectivity index is 1.29. The zero-order valence-corrected chi connectivity index (χ0v) is 25.7. The van der Waals surface area contributed by atoms with Crippen LogP contribution in [-0.4, -0.2) is 55.3 Å². The Morgan fingerprint density at radius 2 is 1.86 bits per heavy atom. The van der Waals surface area contributed by atoms with Crippen LogP contribution in [-0.2, 0) is 20.4 Å². The topological polar surface area (TPSA) is 111 Å². The summed E-state index contributed by atoms with van der Waals surface area (Å²) in [6.07, 6.45) is 6.06. The lowest BCUT2D eigenvalue weighted by atomic mass is 10.0. The highest BCUT2D eigenvalue weighted by molar-refractivity contribution is 7.90. The van der Waals surface area contributed by atoms with E-state index >= 15 is 0 Å². The average molecular weight is 628 g/mol. The molecule has 3 aliphatic rings. The molecule has 1 aromatic heterocycles. The molecule has 0 unspecified atom stereocenters. The molecule has 2 aromatic carbocycles. The highest BCUT2D eigenvalue weighted by Gasteiger charge is 2.34. The molecule has 220 valence electrons. The van der Waals surface area contributed by atoms with Crippen molar-refractivity contribution in [3.63, 3.8) is 0 Å². The second kappa shape index (κ2) is 11.2. The van der Waals surface area contributed by atoms with Crippen molar-refractivity contribution in [2.75, 3.05) is 18.4 Å². The number of carbonyl (C=O) groups excluding carboxylic acids is 2. The molecule has 1 saturated carbocycles. The van der Waals surface area contributed by atoms with Gasteiger partial charge in [-0.2, -0.15) is 0 Å². The second-order valence-corrected chi connectivity index (χ2v) is 14.1. The van der Waals surface area contributed by atoms with Crippen molar-refractivity contribution < 1.29 is 18.0 Å². The molecule has 8 nitrogen and oxygen atoms in total. The van der Waals surface area contributed by atoms with Crippen LogP contribution in [0.5, 0.6) is 0 Å². The molecule has 6 rings (SSSR count). The Morgan fingerprint density at radius 1 is 1.12 bits per heavy atom. The number of likely N-dealkylation sites (tertiary alicyclic amines) is 1. The third kappa shape index (κ3) is 5.51. The maximum Gasteiger partial charge on any atom is 0.256 e. The predicted molar refractivity (Wildman–Crippen MR) is 166 cm³/mol. The Labute approximate surface area is 255 Å². The summed E-state index contributed by atoms with van der Waals surface area (Å²) in [6.45, 7) is 5.27. The predicted octanol–water partition coefficient (Wildman–Crippen LogP) is 5.76. The van der Waals surface area contributed by atoms with E-state index in [-0.39, 0.29) is 38.5 Å². The molecule has 1 saturated heterocycles. The summed E-state index contributed by atoms with van der Waals surface area (Å²) in [7, 11) is -3.84. The molecule has 2 aliphatic heterocycles. The molecule has 3 heterocycles. The van der Waals surface area contributed by atoms with Gasteiger partial charge in [-0.25, -0.2) is 8.42 Å². The van der Waals surface area contributed by atoms with Crippen molar-refractivity contribution in [2.24, 2.45) is 0 Å². The SMILES string of the molecule is Cc1[nH]c(C=C2C(=O)Nc3ccc(S(=O)(=O)Cc4c(Cl)cccc4Cl)cc32)c(C)c1C(=O)N1CCC[C@@H]1CNC1CC1. The van der Waals surface area contributed by atoms with Crippen LogP contribution in [0.3, 0.4) is 0 Å². The van der Waals surface area contributed by atoms with Crippen LogP contribution in [0.25, 0.3) is 11.6 Å². The van der Waals surface area contributed by atoms with Crippen molar-refractivity contribution >= 4 is 62.2 Å². The van der Waals surface area contributed by atoms with Gasteiger partial charge in [-0.3, -0.25) is 9.59 Å². The number of hydrogen-bond acceptors (Lipinski definition) is 5. The number of carbonyl (C=O) groups is 2. The number of hydrogen-bond donors (Lipinski definition) is 3. The molecular formula is C31H32Cl2N4O4S. The van der Waals surface area contributed by atoms with E-state index in [1.54, 1.807) is 30.3 Å². The molecule has 2 amide bonds. The van der Waals surface area contributed by atoms with Gasteiger partial charge in [0, 0.05) is 63.4 Å². The van der Waals surface area contributed by atoms with Gasteiger partial charge in [0.2, 0.25) is 0 Å². The van der Waals surface area contributed by atoms with E-state index in [2.05, 4.69) is 15.6 Å². The Hall–Kier alpha value is -3.11. The number of halogens is 2. The zero-order chi connectivity index (χ0) is 29.8. The van der Waals surface area contributed by atoms with Gasteiger partial charge in [0.05, 0.1) is 21.8 Å². The van der Waals surface area contributed by atoms with E-state index in [9.17, 15) is 18.0 Å². The first-order chi connectivity index (χ1) is 20.0. The molecule has 2 fully saturated rings. The molecule has 0 spiro atoms. The minimum atomic E-state index is -3.84. The quantitative estimate of drug-likeness (QED) is 0.275. The minimum Gasteiger partial charge on any atom is -0.358 e. The Kier molecular flexibility index (Phi) is 7.72. The number of aryl methyl sites for hydroxylation is 1. The van der Waals surface area contributed by atoms with E-state index in [4.69, 9.17) is 23.2 Å². The monoisotopic (exact) mass is 626 g/mol. The zero-order valence-electron chi connectivity index (χ0n) is 23.4. The average Bonchev–Trinajstić information content (AvgIpc) is 3.46. The van der Waals surface area contributed by atoms with Gasteiger partial charge in [-0.1, -0.05) is 29.3 Å². The largest absolute Gasteiger partial charge is 0.358 e. The number of nitrogens with zero attached hydrogens (tertiary/aromatic N) is 1. The first kappa shape index (κ1) is 29.0. The lowest BCUT2D eigenvalue weighted by Gasteiger charge is -2.25.